The Morgan fingerprint density at radius 2 is 1.30 bits per heavy atom. The maximum absolute atomic E-state index is 2.27. The Bertz CT molecular complexity index is 47.2. The zero-order valence-corrected chi connectivity index (χ0v) is 8.43. The van der Waals surface area contributed by atoms with E-state index in [-0.39, 0.29) is 0 Å². The lowest BCUT2D eigenvalue weighted by Crippen LogP contribution is -1.66. The van der Waals surface area contributed by atoms with Gasteiger partial charge in [-0.15, -0.1) is 0 Å². The van der Waals surface area contributed by atoms with Crippen molar-refractivity contribution in [1.82, 2.24) is 0 Å². The predicted molar refractivity (Wildman–Crippen MR) is 53.6 cm³/mol. The van der Waals surface area contributed by atoms with Crippen molar-refractivity contribution in [3.05, 3.63) is 11.5 Å². The fourth-order valence-corrected chi connectivity index (χ4v) is 2.28. The molecule has 0 atom stereocenters. The van der Waals surface area contributed by atoms with Gasteiger partial charge in [-0.05, 0) is 12.8 Å². The molecule has 0 spiro atoms. The summed E-state index contributed by atoms with van der Waals surface area (Å²) in [5, 5.41) is 0. The van der Waals surface area contributed by atoms with Crippen LogP contribution in [-0.4, -0.2) is 0 Å². The molecule has 0 aliphatic carbocycles. The minimum absolute atomic E-state index is 1.23. The first-order valence-corrected chi connectivity index (χ1v) is 6.14. The molecule has 60 valence electrons. The van der Waals surface area contributed by atoms with Gasteiger partial charge in [0.2, 0.25) is 0 Å². The van der Waals surface area contributed by atoms with Gasteiger partial charge in [0.1, 0.15) is 0 Å². The number of unbranched alkanes of at least 4 members (excludes halogenated alkanes) is 2. The average molecular weight is 176 g/mol. The lowest BCUT2D eigenvalue weighted by molar-refractivity contribution is 0.944. The van der Waals surface area contributed by atoms with Gasteiger partial charge in [0.15, 0.2) is 0 Å². The predicted octanol–water partition coefficient (Wildman–Crippen LogP) is 4.29. The standard InChI is InChI=1S/C8H16S2/c1-3-5-7-9-10-8-6-4-2/h7-8H,3-6H2,1-2H3. The average Bonchev–Trinajstić information content (AvgIpc) is 1.97. The van der Waals surface area contributed by atoms with E-state index >= 15 is 0 Å². The van der Waals surface area contributed by atoms with E-state index in [4.69, 9.17) is 0 Å². The Balaban J connectivity index is 2.65. The van der Waals surface area contributed by atoms with Crippen LogP contribution in [0.5, 0.6) is 0 Å². The Morgan fingerprint density at radius 3 is 1.60 bits per heavy atom. The fraction of sp³-hybridized carbons (Fsp3) is 0.750. The van der Waals surface area contributed by atoms with Crippen molar-refractivity contribution < 1.29 is 0 Å². The molecule has 10 heavy (non-hydrogen) atoms. The highest BCUT2D eigenvalue weighted by Gasteiger charge is 1.89. The zero-order chi connectivity index (χ0) is 7.66. The SMILES string of the molecule is CCC[CH]SS[CH]CCC. The van der Waals surface area contributed by atoms with Crippen LogP contribution in [0, 0.1) is 11.5 Å². The first-order valence-electron chi connectivity index (χ1n) is 3.87. The normalized spacial score (nSPS) is 10.2. The highest BCUT2D eigenvalue weighted by atomic mass is 33.1. The molecule has 0 amide bonds. The molecule has 0 nitrogen and oxygen atoms in total. The van der Waals surface area contributed by atoms with Crippen LogP contribution in [0.1, 0.15) is 39.5 Å². The van der Waals surface area contributed by atoms with Crippen molar-refractivity contribution in [3.63, 3.8) is 0 Å². The summed E-state index contributed by atoms with van der Waals surface area (Å²) in [6, 6.07) is 0. The third-order valence-electron chi connectivity index (χ3n) is 1.00. The minimum atomic E-state index is 1.23. The van der Waals surface area contributed by atoms with Crippen LogP contribution in [0.4, 0.5) is 0 Å². The zero-order valence-electron chi connectivity index (χ0n) is 6.80. The molecule has 0 fully saturated rings. The number of rotatable bonds is 7. The molecular formula is C8H16S2. The molecule has 0 bridgehead atoms. The highest BCUT2D eigenvalue weighted by molar-refractivity contribution is 8.78. The van der Waals surface area contributed by atoms with Gasteiger partial charge in [-0.1, -0.05) is 48.3 Å². The largest absolute Gasteiger partial charge is 0.0892 e. The molecule has 2 radical (unpaired) electrons. The van der Waals surface area contributed by atoms with E-state index in [1.54, 1.807) is 0 Å². The lowest BCUT2D eigenvalue weighted by atomic mass is 10.4. The second kappa shape index (κ2) is 9.70. The van der Waals surface area contributed by atoms with Crippen molar-refractivity contribution in [2.75, 3.05) is 0 Å². The van der Waals surface area contributed by atoms with Crippen molar-refractivity contribution in [3.8, 4) is 0 Å². The minimum Gasteiger partial charge on any atom is -0.0892 e. The van der Waals surface area contributed by atoms with Gasteiger partial charge in [0.05, 0.1) is 0 Å². The van der Waals surface area contributed by atoms with Gasteiger partial charge >= 0.3 is 0 Å². The molecule has 0 heterocycles. The van der Waals surface area contributed by atoms with Crippen LogP contribution in [0.25, 0.3) is 0 Å². The van der Waals surface area contributed by atoms with Crippen molar-refractivity contribution >= 4 is 21.6 Å². The van der Waals surface area contributed by atoms with Crippen molar-refractivity contribution in [1.29, 1.82) is 0 Å². The third kappa shape index (κ3) is 8.70. The van der Waals surface area contributed by atoms with Gasteiger partial charge in [-0.3, -0.25) is 0 Å². The van der Waals surface area contributed by atoms with E-state index in [0.717, 1.165) is 0 Å². The van der Waals surface area contributed by atoms with Crippen LogP contribution in [0.15, 0.2) is 0 Å². The van der Waals surface area contributed by atoms with Crippen molar-refractivity contribution in [2.45, 2.75) is 39.5 Å². The van der Waals surface area contributed by atoms with Crippen LogP contribution in [0.3, 0.4) is 0 Å². The quantitative estimate of drug-likeness (QED) is 0.419. The molecule has 0 N–H and O–H groups in total. The van der Waals surface area contributed by atoms with Crippen LogP contribution >= 0.6 is 21.6 Å². The summed E-state index contributed by atoms with van der Waals surface area (Å²) < 4.78 is 0. The molecule has 0 saturated carbocycles. The molecule has 0 aromatic heterocycles. The Morgan fingerprint density at radius 1 is 0.900 bits per heavy atom. The summed E-state index contributed by atoms with van der Waals surface area (Å²) in [5.41, 5.74) is 0. The molecule has 0 aromatic rings. The molecular weight excluding hydrogens is 160 g/mol. The summed E-state index contributed by atoms with van der Waals surface area (Å²) >= 11 is 0. The van der Waals surface area contributed by atoms with Gasteiger partial charge < -0.3 is 0 Å². The summed E-state index contributed by atoms with van der Waals surface area (Å²) in [5.74, 6) is 4.55. The maximum Gasteiger partial charge on any atom is 0.0278 e. The van der Waals surface area contributed by atoms with E-state index in [9.17, 15) is 0 Å². The molecule has 2 heteroatoms. The summed E-state index contributed by atoms with van der Waals surface area (Å²) in [7, 11) is 3.71. The smallest absolute Gasteiger partial charge is 0.0278 e. The van der Waals surface area contributed by atoms with E-state index in [1.165, 1.54) is 25.7 Å². The lowest BCUT2D eigenvalue weighted by Gasteiger charge is -1.96. The first kappa shape index (κ1) is 10.7. The van der Waals surface area contributed by atoms with Crippen LogP contribution in [-0.2, 0) is 0 Å². The Labute approximate surface area is 72.9 Å². The molecule has 0 rings (SSSR count). The van der Waals surface area contributed by atoms with Gasteiger partial charge in [0.25, 0.3) is 0 Å². The monoisotopic (exact) mass is 176 g/mol. The highest BCUT2D eigenvalue weighted by Crippen LogP contribution is 2.29. The second-order valence-corrected chi connectivity index (χ2v) is 4.31. The van der Waals surface area contributed by atoms with Crippen LogP contribution < -0.4 is 0 Å². The van der Waals surface area contributed by atoms with E-state index in [2.05, 4.69) is 25.4 Å². The summed E-state index contributed by atoms with van der Waals surface area (Å²) in [4.78, 5) is 0. The molecule has 0 aliphatic heterocycles. The molecule has 0 aromatic carbocycles. The summed E-state index contributed by atoms with van der Waals surface area (Å²) in [6.45, 7) is 4.41. The van der Waals surface area contributed by atoms with E-state index < -0.39 is 0 Å². The van der Waals surface area contributed by atoms with E-state index in [1.807, 2.05) is 21.6 Å². The summed E-state index contributed by atoms with van der Waals surface area (Å²) in [6.07, 6.45) is 5.00. The number of hydrogen-bond acceptors (Lipinski definition) is 2. The fourth-order valence-electron chi connectivity index (χ4n) is 0.410. The van der Waals surface area contributed by atoms with Crippen molar-refractivity contribution in [2.24, 2.45) is 0 Å². The first-order chi connectivity index (χ1) is 4.91. The van der Waals surface area contributed by atoms with Gasteiger partial charge in [-0.2, -0.15) is 0 Å². The number of hydrogen-bond donors (Lipinski definition) is 0. The molecule has 0 unspecified atom stereocenters. The second-order valence-electron chi connectivity index (χ2n) is 2.10. The third-order valence-corrected chi connectivity index (χ3v) is 3.01. The Hall–Kier alpha value is 0.700. The van der Waals surface area contributed by atoms with Gasteiger partial charge in [-0.25, -0.2) is 0 Å². The van der Waals surface area contributed by atoms with Gasteiger partial charge in [0, 0.05) is 11.5 Å². The Kier molecular flexibility index (Phi) is 10.4. The van der Waals surface area contributed by atoms with E-state index in [0.29, 0.717) is 0 Å². The van der Waals surface area contributed by atoms with Crippen LogP contribution in [0.2, 0.25) is 0 Å². The molecule has 0 saturated heterocycles. The topological polar surface area (TPSA) is 0 Å². The molecule has 0 aliphatic rings. The maximum atomic E-state index is 2.27.